The lowest BCUT2D eigenvalue weighted by Gasteiger charge is -2.19. The standard InChI is InChI=1S/C13H13ClN2O3S/c1-15(7-11-3-5-13(14)20-11)10-2-4-12(16(18)19)9(6-10)8-17/h2-6,17H,7-8H2,1H3. The van der Waals surface area contributed by atoms with Crippen LogP contribution >= 0.6 is 22.9 Å². The first-order chi connectivity index (χ1) is 9.51. The Morgan fingerprint density at radius 3 is 2.70 bits per heavy atom. The maximum atomic E-state index is 10.8. The average Bonchev–Trinajstić information content (AvgIpc) is 2.83. The number of aliphatic hydroxyl groups is 1. The number of halogens is 1. The Morgan fingerprint density at radius 1 is 1.40 bits per heavy atom. The summed E-state index contributed by atoms with van der Waals surface area (Å²) in [7, 11) is 1.88. The van der Waals surface area contributed by atoms with Crippen LogP contribution in [0.25, 0.3) is 0 Å². The average molecular weight is 313 g/mol. The number of thiophene rings is 1. The van der Waals surface area contributed by atoms with Gasteiger partial charge in [0, 0.05) is 23.7 Å². The van der Waals surface area contributed by atoms with Crippen molar-refractivity contribution in [1.29, 1.82) is 0 Å². The molecular formula is C13H13ClN2O3S. The molecule has 1 aromatic heterocycles. The predicted molar refractivity (Wildman–Crippen MR) is 80.5 cm³/mol. The van der Waals surface area contributed by atoms with Gasteiger partial charge in [-0.15, -0.1) is 11.3 Å². The molecule has 0 atom stereocenters. The fourth-order valence-electron chi connectivity index (χ4n) is 1.88. The highest BCUT2D eigenvalue weighted by Gasteiger charge is 2.15. The third-order valence-electron chi connectivity index (χ3n) is 2.89. The molecule has 20 heavy (non-hydrogen) atoms. The van der Waals surface area contributed by atoms with E-state index < -0.39 is 4.92 Å². The molecule has 1 heterocycles. The van der Waals surface area contributed by atoms with Gasteiger partial charge >= 0.3 is 0 Å². The first-order valence-electron chi connectivity index (χ1n) is 5.85. The topological polar surface area (TPSA) is 66.6 Å². The molecule has 0 saturated carbocycles. The zero-order chi connectivity index (χ0) is 14.7. The molecule has 2 rings (SSSR count). The molecule has 0 fully saturated rings. The minimum Gasteiger partial charge on any atom is -0.391 e. The second-order valence-electron chi connectivity index (χ2n) is 4.29. The zero-order valence-electron chi connectivity index (χ0n) is 10.7. The first kappa shape index (κ1) is 14.8. The van der Waals surface area contributed by atoms with Gasteiger partial charge in [-0.3, -0.25) is 10.1 Å². The summed E-state index contributed by atoms with van der Waals surface area (Å²) in [4.78, 5) is 13.4. The van der Waals surface area contributed by atoms with Crippen LogP contribution in [-0.4, -0.2) is 17.1 Å². The van der Waals surface area contributed by atoms with E-state index in [1.165, 1.54) is 17.4 Å². The second kappa shape index (κ2) is 6.21. The Hall–Kier alpha value is -1.63. The Bertz CT molecular complexity index is 630. The number of aliphatic hydroxyl groups excluding tert-OH is 1. The number of nitrogens with zero attached hydrogens (tertiary/aromatic N) is 2. The van der Waals surface area contributed by atoms with Gasteiger partial charge in [0.25, 0.3) is 5.69 Å². The number of benzene rings is 1. The smallest absolute Gasteiger partial charge is 0.275 e. The molecule has 5 nitrogen and oxygen atoms in total. The first-order valence-corrected chi connectivity index (χ1v) is 7.04. The lowest BCUT2D eigenvalue weighted by atomic mass is 10.1. The predicted octanol–water partition coefficient (Wildman–Crippen LogP) is 3.44. The monoisotopic (exact) mass is 312 g/mol. The van der Waals surface area contributed by atoms with Crippen LogP contribution in [0.1, 0.15) is 10.4 Å². The van der Waals surface area contributed by atoms with Crippen LogP contribution in [0.5, 0.6) is 0 Å². The molecule has 0 saturated heterocycles. The minimum atomic E-state index is -0.492. The Balaban J connectivity index is 2.21. The second-order valence-corrected chi connectivity index (χ2v) is 6.09. The molecule has 7 heteroatoms. The molecule has 0 aliphatic carbocycles. The molecule has 0 spiro atoms. The van der Waals surface area contributed by atoms with Gasteiger partial charge in [0.1, 0.15) is 0 Å². The number of nitro benzene ring substituents is 1. The summed E-state index contributed by atoms with van der Waals surface area (Å²) in [6.45, 7) is 0.295. The SMILES string of the molecule is CN(Cc1ccc(Cl)s1)c1ccc([N+](=O)[O-])c(CO)c1. The summed E-state index contributed by atoms with van der Waals surface area (Å²) in [5, 5.41) is 20.1. The maximum absolute atomic E-state index is 10.8. The van der Waals surface area contributed by atoms with Crippen molar-refractivity contribution in [2.45, 2.75) is 13.2 Å². The summed E-state index contributed by atoms with van der Waals surface area (Å²) in [6.07, 6.45) is 0. The van der Waals surface area contributed by atoms with E-state index in [9.17, 15) is 15.2 Å². The highest BCUT2D eigenvalue weighted by Crippen LogP contribution is 2.27. The van der Waals surface area contributed by atoms with Gasteiger partial charge in [-0.2, -0.15) is 0 Å². The van der Waals surface area contributed by atoms with Crippen LogP contribution in [0.4, 0.5) is 11.4 Å². The summed E-state index contributed by atoms with van der Waals surface area (Å²) in [5.74, 6) is 0. The van der Waals surface area contributed by atoms with Crippen LogP contribution in [0, 0.1) is 10.1 Å². The molecular weight excluding hydrogens is 300 g/mol. The number of hydrogen-bond donors (Lipinski definition) is 1. The molecule has 0 aliphatic heterocycles. The van der Waals surface area contributed by atoms with Crippen molar-refractivity contribution in [3.05, 3.63) is 55.2 Å². The normalized spacial score (nSPS) is 10.6. The van der Waals surface area contributed by atoms with Crippen molar-refractivity contribution < 1.29 is 10.0 Å². The van der Waals surface area contributed by atoms with Crippen molar-refractivity contribution in [2.24, 2.45) is 0 Å². The summed E-state index contributed by atoms with van der Waals surface area (Å²) < 4.78 is 0.730. The van der Waals surface area contributed by atoms with E-state index in [0.717, 1.165) is 14.9 Å². The van der Waals surface area contributed by atoms with Gasteiger partial charge in [-0.25, -0.2) is 0 Å². The fourth-order valence-corrected chi connectivity index (χ4v) is 3.02. The van der Waals surface area contributed by atoms with Crippen LogP contribution in [0.3, 0.4) is 0 Å². The third kappa shape index (κ3) is 3.27. The van der Waals surface area contributed by atoms with Gasteiger partial charge in [-0.05, 0) is 24.3 Å². The van der Waals surface area contributed by atoms with Gasteiger partial charge in [0.15, 0.2) is 0 Å². The third-order valence-corrected chi connectivity index (χ3v) is 4.11. The minimum absolute atomic E-state index is 0.0659. The molecule has 0 bridgehead atoms. The van der Waals surface area contributed by atoms with Crippen molar-refractivity contribution in [3.63, 3.8) is 0 Å². The van der Waals surface area contributed by atoms with Crippen LogP contribution < -0.4 is 4.90 Å². The zero-order valence-corrected chi connectivity index (χ0v) is 12.3. The quantitative estimate of drug-likeness (QED) is 0.678. The number of nitro groups is 1. The van der Waals surface area contributed by atoms with Crippen molar-refractivity contribution in [1.82, 2.24) is 0 Å². The van der Waals surface area contributed by atoms with Crippen LogP contribution in [0.2, 0.25) is 4.34 Å². The Morgan fingerprint density at radius 2 is 2.15 bits per heavy atom. The Kier molecular flexibility index (Phi) is 4.59. The lowest BCUT2D eigenvalue weighted by Crippen LogP contribution is -2.16. The van der Waals surface area contributed by atoms with E-state index in [-0.39, 0.29) is 12.3 Å². The summed E-state index contributed by atoms with van der Waals surface area (Å²) >= 11 is 7.38. The largest absolute Gasteiger partial charge is 0.391 e. The van der Waals surface area contributed by atoms with E-state index in [1.807, 2.05) is 24.1 Å². The van der Waals surface area contributed by atoms with Crippen LogP contribution in [0.15, 0.2) is 30.3 Å². The summed E-state index contributed by atoms with van der Waals surface area (Å²) in [6, 6.07) is 8.50. The molecule has 1 N–H and O–H groups in total. The highest BCUT2D eigenvalue weighted by molar-refractivity contribution is 7.16. The number of hydrogen-bond acceptors (Lipinski definition) is 5. The molecule has 0 aliphatic rings. The lowest BCUT2D eigenvalue weighted by molar-refractivity contribution is -0.385. The fraction of sp³-hybridized carbons (Fsp3) is 0.231. The van der Waals surface area contributed by atoms with Crippen molar-refractivity contribution in [2.75, 3.05) is 11.9 Å². The molecule has 0 unspecified atom stereocenters. The van der Waals surface area contributed by atoms with E-state index in [2.05, 4.69) is 0 Å². The maximum Gasteiger partial charge on any atom is 0.275 e. The highest BCUT2D eigenvalue weighted by atomic mass is 35.5. The molecule has 0 amide bonds. The van der Waals surface area contributed by atoms with Crippen molar-refractivity contribution in [3.8, 4) is 0 Å². The van der Waals surface area contributed by atoms with E-state index in [1.54, 1.807) is 12.1 Å². The Labute approximate surface area is 125 Å². The molecule has 1 aromatic carbocycles. The van der Waals surface area contributed by atoms with Gasteiger partial charge in [-0.1, -0.05) is 11.6 Å². The van der Waals surface area contributed by atoms with E-state index in [0.29, 0.717) is 12.1 Å². The number of rotatable bonds is 5. The van der Waals surface area contributed by atoms with E-state index >= 15 is 0 Å². The molecule has 0 radical (unpaired) electrons. The summed E-state index contributed by atoms with van der Waals surface area (Å²) in [5.41, 5.74) is 1.05. The van der Waals surface area contributed by atoms with Gasteiger partial charge in [0.2, 0.25) is 0 Å². The molecule has 106 valence electrons. The van der Waals surface area contributed by atoms with E-state index in [4.69, 9.17) is 11.6 Å². The molecule has 2 aromatic rings. The van der Waals surface area contributed by atoms with Crippen LogP contribution in [-0.2, 0) is 13.2 Å². The van der Waals surface area contributed by atoms with Gasteiger partial charge < -0.3 is 10.0 Å². The number of anilines is 1. The van der Waals surface area contributed by atoms with Crippen molar-refractivity contribution >= 4 is 34.3 Å². The van der Waals surface area contributed by atoms with Gasteiger partial charge in [0.05, 0.1) is 28.0 Å².